The Labute approximate surface area is 251 Å². The largest absolute Gasteiger partial charge is 0.508 e. The fourth-order valence-corrected chi connectivity index (χ4v) is 8.13. The Bertz CT molecular complexity index is 1730. The van der Waals surface area contributed by atoms with Crippen LogP contribution < -0.4 is 15.0 Å². The number of hydrogen-bond donors (Lipinski definition) is 2. The fraction of sp³-hybridized carbons (Fsp3) is 0.500. The van der Waals surface area contributed by atoms with Crippen molar-refractivity contribution in [3.8, 4) is 23.0 Å². The van der Waals surface area contributed by atoms with Crippen LogP contribution in [-0.2, 0) is 12.8 Å². The molecule has 2 atom stereocenters. The summed E-state index contributed by atoms with van der Waals surface area (Å²) in [6.07, 6.45) is 10.4. The molecule has 4 aromatic rings. The Morgan fingerprint density at radius 1 is 1.09 bits per heavy atom. The molecular formula is C34H39FN6O2. The summed E-state index contributed by atoms with van der Waals surface area (Å²) in [4.78, 5) is 18.8. The molecule has 3 fully saturated rings. The molecule has 2 N–H and O–H groups in total. The minimum atomic E-state index is -0.502. The number of ether oxygens (including phenoxy) is 1. The molecule has 0 spiro atoms. The van der Waals surface area contributed by atoms with Crippen molar-refractivity contribution in [3.05, 3.63) is 47.4 Å². The smallest absolute Gasteiger partial charge is 0.319 e. The van der Waals surface area contributed by atoms with Gasteiger partial charge in [-0.1, -0.05) is 18.6 Å². The van der Waals surface area contributed by atoms with Gasteiger partial charge in [-0.05, 0) is 93.1 Å². The average Bonchev–Trinajstić information content (AvgIpc) is 3.59. The van der Waals surface area contributed by atoms with Crippen LogP contribution in [0.4, 0.5) is 10.2 Å². The highest BCUT2D eigenvalue weighted by atomic mass is 19.1. The molecule has 0 radical (unpaired) electrons. The number of aryl methyl sites for hydroxylation is 2. The molecule has 224 valence electrons. The number of rotatable bonds is 7. The van der Waals surface area contributed by atoms with Crippen molar-refractivity contribution < 1.29 is 14.2 Å². The van der Waals surface area contributed by atoms with E-state index in [0.29, 0.717) is 35.5 Å². The van der Waals surface area contributed by atoms with Crippen molar-refractivity contribution in [1.82, 2.24) is 25.2 Å². The number of piperazine rings is 1. The molecule has 9 heteroatoms. The number of phenols is 1. The van der Waals surface area contributed by atoms with E-state index in [1.165, 1.54) is 17.5 Å². The second kappa shape index (κ2) is 10.3. The van der Waals surface area contributed by atoms with Crippen molar-refractivity contribution in [2.24, 2.45) is 5.41 Å². The summed E-state index contributed by atoms with van der Waals surface area (Å²) in [7, 11) is 4.18. The number of hydrogen-bond acceptors (Lipinski definition) is 8. The Balaban J connectivity index is 1.27. The monoisotopic (exact) mass is 582 g/mol. The van der Waals surface area contributed by atoms with Gasteiger partial charge in [0.15, 0.2) is 5.82 Å². The van der Waals surface area contributed by atoms with Crippen molar-refractivity contribution in [3.63, 3.8) is 0 Å². The number of fused-ring (bicyclic) bond motifs is 6. The highest BCUT2D eigenvalue weighted by Crippen LogP contribution is 2.43. The first-order chi connectivity index (χ1) is 20.9. The SMILES string of the molecule is CN(C)CC1(COc2nc(N3CC4CCC(C3)N4)c3cnc(-c4cc(O)cc5ccc6c(c45)CCC6)c(F)c3n2)CCC1. The highest BCUT2D eigenvalue weighted by molar-refractivity contribution is 6.02. The maximum atomic E-state index is 16.9. The number of aromatic nitrogens is 3. The molecule has 2 aliphatic carbocycles. The third kappa shape index (κ3) is 4.68. The molecule has 8 rings (SSSR count). The maximum Gasteiger partial charge on any atom is 0.319 e. The Morgan fingerprint density at radius 2 is 1.91 bits per heavy atom. The lowest BCUT2D eigenvalue weighted by atomic mass is 9.69. The number of aromatic hydroxyl groups is 1. The first kappa shape index (κ1) is 27.0. The van der Waals surface area contributed by atoms with Crippen LogP contribution in [0.5, 0.6) is 11.8 Å². The van der Waals surface area contributed by atoms with Crippen molar-refractivity contribution in [1.29, 1.82) is 0 Å². The molecule has 0 amide bonds. The summed E-state index contributed by atoms with van der Waals surface area (Å²) in [6.45, 7) is 3.05. The standard InChI is InChI=1S/C34H39FN6O2/c1-40(2)18-34(11-4-12-34)19-43-33-38-31-27(32(39-33)41-16-22-9-10-23(17-41)37-22)15-36-30(29(31)35)26-14-24(42)13-21-8-7-20-5-3-6-25(20)28(21)26/h7-8,13-15,22-23,37,42H,3-6,9-12,16-19H2,1-2H3. The minimum absolute atomic E-state index is 0.0684. The van der Waals surface area contributed by atoms with Gasteiger partial charge in [0.2, 0.25) is 0 Å². The highest BCUT2D eigenvalue weighted by Gasteiger charge is 2.39. The van der Waals surface area contributed by atoms with Crippen LogP contribution in [0.1, 0.15) is 49.7 Å². The van der Waals surface area contributed by atoms with Gasteiger partial charge in [-0.15, -0.1) is 0 Å². The van der Waals surface area contributed by atoms with E-state index in [2.05, 4.69) is 35.3 Å². The number of benzene rings is 2. The molecule has 2 aliphatic heterocycles. The minimum Gasteiger partial charge on any atom is -0.508 e. The van der Waals surface area contributed by atoms with E-state index in [1.54, 1.807) is 18.3 Å². The number of nitrogens with zero attached hydrogens (tertiary/aromatic N) is 5. The number of phenolic OH excluding ortho intramolecular Hbond substituents is 1. The zero-order valence-corrected chi connectivity index (χ0v) is 25.0. The van der Waals surface area contributed by atoms with Gasteiger partial charge in [0.05, 0.1) is 12.0 Å². The van der Waals surface area contributed by atoms with Crippen molar-refractivity contribution >= 4 is 27.5 Å². The molecule has 2 aromatic carbocycles. The van der Waals surface area contributed by atoms with E-state index in [-0.39, 0.29) is 28.4 Å². The maximum absolute atomic E-state index is 16.9. The number of anilines is 1. The molecule has 2 aromatic heterocycles. The van der Waals surface area contributed by atoms with E-state index in [0.717, 1.165) is 75.4 Å². The van der Waals surface area contributed by atoms with Crippen molar-refractivity contribution in [2.75, 3.05) is 45.2 Å². The predicted molar refractivity (Wildman–Crippen MR) is 166 cm³/mol. The lowest BCUT2D eigenvalue weighted by molar-refractivity contribution is 0.0279. The quantitative estimate of drug-likeness (QED) is 0.307. The number of halogens is 1. The normalized spacial score (nSPS) is 22.4. The zero-order chi connectivity index (χ0) is 29.3. The Kier molecular flexibility index (Phi) is 6.45. The van der Waals surface area contributed by atoms with Gasteiger partial charge in [0, 0.05) is 48.9 Å². The number of pyridine rings is 1. The Hall–Kier alpha value is -3.56. The third-order valence-electron chi connectivity index (χ3n) is 10.2. The fourth-order valence-electron chi connectivity index (χ4n) is 8.13. The summed E-state index contributed by atoms with van der Waals surface area (Å²) in [6, 6.07) is 8.56. The molecule has 1 saturated carbocycles. The van der Waals surface area contributed by atoms with Gasteiger partial charge in [-0.2, -0.15) is 9.97 Å². The first-order valence-corrected chi connectivity index (χ1v) is 15.8. The van der Waals surface area contributed by atoms with E-state index >= 15 is 4.39 Å². The van der Waals surface area contributed by atoms with Crippen LogP contribution >= 0.6 is 0 Å². The summed E-state index contributed by atoms with van der Waals surface area (Å²) in [5.74, 6) is 0.281. The van der Waals surface area contributed by atoms with E-state index < -0.39 is 5.82 Å². The molecular weight excluding hydrogens is 543 g/mol. The number of nitrogens with one attached hydrogen (secondary N) is 1. The van der Waals surface area contributed by atoms with Crippen molar-refractivity contribution in [2.45, 2.75) is 63.5 Å². The van der Waals surface area contributed by atoms with E-state index in [1.807, 2.05) is 6.07 Å². The van der Waals surface area contributed by atoms with Gasteiger partial charge in [-0.25, -0.2) is 4.39 Å². The van der Waals surface area contributed by atoms with Crippen LogP contribution in [0.25, 0.3) is 32.9 Å². The first-order valence-electron chi connectivity index (χ1n) is 15.8. The summed E-state index contributed by atoms with van der Waals surface area (Å²) >= 11 is 0. The lowest BCUT2D eigenvalue weighted by Crippen LogP contribution is -2.51. The van der Waals surface area contributed by atoms with Crippen LogP contribution in [0, 0.1) is 11.2 Å². The molecule has 2 unspecified atom stereocenters. The zero-order valence-electron chi connectivity index (χ0n) is 25.0. The molecule has 4 aliphatic rings. The molecule has 8 nitrogen and oxygen atoms in total. The van der Waals surface area contributed by atoms with Gasteiger partial charge < -0.3 is 25.0 Å². The third-order valence-corrected chi connectivity index (χ3v) is 10.2. The van der Waals surface area contributed by atoms with Gasteiger partial charge in [-0.3, -0.25) is 4.98 Å². The van der Waals surface area contributed by atoms with Gasteiger partial charge in [0.1, 0.15) is 22.8 Å². The van der Waals surface area contributed by atoms with E-state index in [9.17, 15) is 5.11 Å². The summed E-state index contributed by atoms with van der Waals surface area (Å²) < 4.78 is 23.2. The van der Waals surface area contributed by atoms with Gasteiger partial charge in [0.25, 0.3) is 0 Å². The summed E-state index contributed by atoms with van der Waals surface area (Å²) in [5, 5.41) is 16.8. The average molecular weight is 583 g/mol. The van der Waals surface area contributed by atoms with Gasteiger partial charge >= 0.3 is 6.01 Å². The molecule has 2 bridgehead atoms. The van der Waals surface area contributed by atoms with Crippen LogP contribution in [0.15, 0.2) is 30.5 Å². The van der Waals surface area contributed by atoms with Crippen LogP contribution in [0.3, 0.4) is 0 Å². The molecule has 4 heterocycles. The molecule has 2 saturated heterocycles. The van der Waals surface area contributed by atoms with Crippen LogP contribution in [0.2, 0.25) is 0 Å². The Morgan fingerprint density at radius 3 is 2.65 bits per heavy atom. The van der Waals surface area contributed by atoms with E-state index in [4.69, 9.17) is 19.7 Å². The second-order valence-corrected chi connectivity index (χ2v) is 13.6. The van der Waals surface area contributed by atoms with Crippen LogP contribution in [-0.4, -0.2) is 77.4 Å². The topological polar surface area (TPSA) is 86.6 Å². The predicted octanol–water partition coefficient (Wildman–Crippen LogP) is 5.23. The molecule has 43 heavy (non-hydrogen) atoms. The summed E-state index contributed by atoms with van der Waals surface area (Å²) in [5.41, 5.74) is 3.61. The lowest BCUT2D eigenvalue weighted by Gasteiger charge is -2.43. The second-order valence-electron chi connectivity index (χ2n) is 13.6.